The van der Waals surface area contributed by atoms with Crippen molar-refractivity contribution in [3.63, 3.8) is 0 Å². The van der Waals surface area contributed by atoms with E-state index in [-0.39, 0.29) is 33.0 Å². The zero-order valence-electron chi connectivity index (χ0n) is 18.0. The Hall–Kier alpha value is -0.520. The number of aromatic hydroxyl groups is 2. The molecule has 3 saturated carbocycles. The Morgan fingerprint density at radius 2 is 1.62 bits per heavy atom. The van der Waals surface area contributed by atoms with E-state index in [9.17, 15) is 15.3 Å². The number of hydrogen-bond acceptors (Lipinski definition) is 5. The molecule has 5 heteroatoms. The van der Waals surface area contributed by atoms with Gasteiger partial charge in [-0.05, 0) is 60.1 Å². The molecule has 4 atom stereocenters. The van der Waals surface area contributed by atoms with E-state index in [1.54, 1.807) is 0 Å². The Labute approximate surface area is 184 Å². The lowest BCUT2D eigenvalue weighted by atomic mass is 9.44. The zero-order chi connectivity index (χ0) is 20.8. The van der Waals surface area contributed by atoms with E-state index in [1.165, 1.54) is 25.7 Å². The molecule has 4 fully saturated rings. The molecule has 3 nitrogen and oxygen atoms in total. The first-order valence-corrected chi connectivity index (χ1v) is 13.3. The van der Waals surface area contributed by atoms with E-state index < -0.39 is 0 Å². The molecular weight excluding hydrogens is 400 g/mol. The van der Waals surface area contributed by atoms with Crippen LogP contribution in [0, 0.1) is 17.3 Å². The summed E-state index contributed by atoms with van der Waals surface area (Å²) in [5.41, 5.74) is 1.79. The number of unbranched alkanes of at least 4 members (excludes halogenated alkanes) is 3. The topological polar surface area (TPSA) is 60.7 Å². The van der Waals surface area contributed by atoms with Gasteiger partial charge in [0.2, 0.25) is 0 Å². The van der Waals surface area contributed by atoms with Gasteiger partial charge in [0.1, 0.15) is 11.5 Å². The Bertz CT molecular complexity index is 719. The average molecular weight is 437 g/mol. The summed E-state index contributed by atoms with van der Waals surface area (Å²) in [7, 11) is 0. The first kappa shape index (κ1) is 21.7. The number of aliphatic hydroxyl groups excluding tert-OH is 1. The summed E-state index contributed by atoms with van der Waals surface area (Å²) in [6.07, 6.45) is 7.30. The highest BCUT2D eigenvalue weighted by Crippen LogP contribution is 2.66. The Morgan fingerprint density at radius 3 is 2.17 bits per heavy atom. The third-order valence-electron chi connectivity index (χ3n) is 7.92. The molecule has 2 bridgehead atoms. The highest BCUT2D eigenvalue weighted by molar-refractivity contribution is 8.20. The van der Waals surface area contributed by atoms with Crippen molar-refractivity contribution < 1.29 is 15.3 Å². The van der Waals surface area contributed by atoms with Gasteiger partial charge < -0.3 is 15.3 Å². The van der Waals surface area contributed by atoms with Gasteiger partial charge in [0.05, 0.1) is 10.2 Å². The number of rotatable bonds is 7. The summed E-state index contributed by atoms with van der Waals surface area (Å²) in [4.78, 5) is 0. The molecular formula is C24H36O3S2. The Balaban J connectivity index is 1.61. The van der Waals surface area contributed by atoms with E-state index in [2.05, 4.69) is 20.8 Å². The standard InChI is InChI=1S/C24H36O3S2/c1-4-5-6-7-8-24(28-9-10-29-24)15-11-20(26)22(21(27)12-15)16-13-19(25)18-14-17(16)23(18,2)3/h11-12,16-19,25-27H,4-10,13-14H2,1-3H3/t16-,17-,18+,19?/m1/s1. The molecule has 1 heterocycles. The maximum Gasteiger partial charge on any atom is 0.123 e. The van der Waals surface area contributed by atoms with Crippen LogP contribution < -0.4 is 0 Å². The molecule has 1 unspecified atom stereocenters. The van der Waals surface area contributed by atoms with E-state index >= 15 is 0 Å². The summed E-state index contributed by atoms with van der Waals surface area (Å²) in [6.45, 7) is 6.68. The van der Waals surface area contributed by atoms with Crippen LogP contribution in [0.2, 0.25) is 0 Å². The molecule has 0 aromatic heterocycles. The van der Waals surface area contributed by atoms with Gasteiger partial charge in [0.15, 0.2) is 0 Å². The van der Waals surface area contributed by atoms with Crippen LogP contribution in [0.15, 0.2) is 12.1 Å². The molecule has 1 aromatic rings. The zero-order valence-corrected chi connectivity index (χ0v) is 19.6. The van der Waals surface area contributed by atoms with Crippen LogP contribution in [0.1, 0.15) is 82.8 Å². The molecule has 1 saturated heterocycles. The van der Waals surface area contributed by atoms with E-state index in [1.807, 2.05) is 35.7 Å². The minimum Gasteiger partial charge on any atom is -0.508 e. The molecule has 1 aliphatic heterocycles. The van der Waals surface area contributed by atoms with Gasteiger partial charge in [-0.3, -0.25) is 0 Å². The third-order valence-corrected chi connectivity index (χ3v) is 11.5. The van der Waals surface area contributed by atoms with Gasteiger partial charge in [0.25, 0.3) is 0 Å². The fourth-order valence-corrected chi connectivity index (χ4v) is 9.46. The lowest BCUT2D eigenvalue weighted by molar-refractivity contribution is -0.152. The SMILES string of the molecule is CCCCCCC1(c2cc(O)c([C@@H]3CC(O)[C@@H]4C[C@H]3C4(C)C)c(O)c2)SCCS1. The molecule has 5 rings (SSSR count). The highest BCUT2D eigenvalue weighted by atomic mass is 32.2. The molecule has 3 N–H and O–H groups in total. The fraction of sp³-hybridized carbons (Fsp3) is 0.750. The number of phenolic OH excluding ortho intramolecular Hbond substituents is 2. The van der Waals surface area contributed by atoms with Crippen LogP contribution in [0.4, 0.5) is 0 Å². The number of benzene rings is 1. The van der Waals surface area contributed by atoms with Crippen LogP contribution >= 0.6 is 23.5 Å². The number of fused-ring (bicyclic) bond motifs is 2. The average Bonchev–Trinajstić information content (AvgIpc) is 3.14. The predicted octanol–water partition coefficient (Wildman–Crippen LogP) is 6.21. The second kappa shape index (κ2) is 8.20. The van der Waals surface area contributed by atoms with Gasteiger partial charge >= 0.3 is 0 Å². The third kappa shape index (κ3) is 3.70. The van der Waals surface area contributed by atoms with E-state index in [0.29, 0.717) is 23.8 Å². The Kier molecular flexibility index (Phi) is 6.14. The summed E-state index contributed by atoms with van der Waals surface area (Å²) in [5, 5.41) is 32.7. The van der Waals surface area contributed by atoms with Crippen molar-refractivity contribution in [3.05, 3.63) is 23.3 Å². The second-order valence-corrected chi connectivity index (χ2v) is 12.9. The largest absolute Gasteiger partial charge is 0.508 e. The first-order chi connectivity index (χ1) is 13.8. The first-order valence-electron chi connectivity index (χ1n) is 11.3. The van der Waals surface area contributed by atoms with Gasteiger partial charge in [-0.1, -0.05) is 46.5 Å². The molecule has 0 spiro atoms. The van der Waals surface area contributed by atoms with Crippen molar-refractivity contribution in [2.24, 2.45) is 17.3 Å². The van der Waals surface area contributed by atoms with Crippen LogP contribution in [0.3, 0.4) is 0 Å². The van der Waals surface area contributed by atoms with Crippen molar-refractivity contribution in [1.29, 1.82) is 0 Å². The molecule has 4 aliphatic rings. The van der Waals surface area contributed by atoms with Gasteiger partial charge in [-0.15, -0.1) is 23.5 Å². The van der Waals surface area contributed by atoms with Crippen LogP contribution in [0.25, 0.3) is 0 Å². The monoisotopic (exact) mass is 436 g/mol. The minimum absolute atomic E-state index is 0.0310. The van der Waals surface area contributed by atoms with Crippen molar-refractivity contribution in [2.45, 2.75) is 81.8 Å². The maximum absolute atomic E-state index is 11.0. The molecule has 0 amide bonds. The minimum atomic E-state index is -0.343. The second-order valence-electron chi connectivity index (χ2n) is 9.87. The number of aliphatic hydroxyl groups is 1. The molecule has 3 aliphatic carbocycles. The van der Waals surface area contributed by atoms with E-state index in [0.717, 1.165) is 29.9 Å². The van der Waals surface area contributed by atoms with Gasteiger partial charge in [-0.2, -0.15) is 0 Å². The van der Waals surface area contributed by atoms with Gasteiger partial charge in [-0.25, -0.2) is 0 Å². The summed E-state index contributed by atoms with van der Waals surface area (Å²) < 4.78 is -0.0475. The molecule has 29 heavy (non-hydrogen) atoms. The van der Waals surface area contributed by atoms with Crippen molar-refractivity contribution >= 4 is 23.5 Å². The smallest absolute Gasteiger partial charge is 0.123 e. The molecule has 1 aromatic carbocycles. The number of hydrogen-bond donors (Lipinski definition) is 3. The van der Waals surface area contributed by atoms with E-state index in [4.69, 9.17) is 0 Å². The normalized spacial score (nSPS) is 32.1. The summed E-state index contributed by atoms with van der Waals surface area (Å²) in [5.74, 6) is 3.48. The predicted molar refractivity (Wildman–Crippen MR) is 124 cm³/mol. The quantitative estimate of drug-likeness (QED) is 0.444. The van der Waals surface area contributed by atoms with Crippen LogP contribution in [0.5, 0.6) is 11.5 Å². The number of phenols is 2. The Morgan fingerprint density at radius 1 is 0.966 bits per heavy atom. The lowest BCUT2D eigenvalue weighted by Crippen LogP contribution is -2.57. The van der Waals surface area contributed by atoms with Crippen molar-refractivity contribution in [2.75, 3.05) is 11.5 Å². The maximum atomic E-state index is 11.0. The van der Waals surface area contributed by atoms with Gasteiger partial charge in [0, 0.05) is 17.1 Å². The van der Waals surface area contributed by atoms with Crippen molar-refractivity contribution in [1.82, 2.24) is 0 Å². The summed E-state index contributed by atoms with van der Waals surface area (Å²) >= 11 is 3.94. The van der Waals surface area contributed by atoms with Crippen LogP contribution in [-0.4, -0.2) is 32.9 Å². The van der Waals surface area contributed by atoms with Crippen LogP contribution in [-0.2, 0) is 4.08 Å². The van der Waals surface area contributed by atoms with Crippen molar-refractivity contribution in [3.8, 4) is 11.5 Å². The number of thioether (sulfide) groups is 2. The fourth-order valence-electron chi connectivity index (χ4n) is 6.16. The summed E-state index contributed by atoms with van der Waals surface area (Å²) in [6, 6.07) is 3.84. The lowest BCUT2D eigenvalue weighted by Gasteiger charge is -2.62. The molecule has 0 radical (unpaired) electrons. The molecule has 162 valence electrons. The highest BCUT2D eigenvalue weighted by Gasteiger charge is 2.59.